The van der Waals surface area contributed by atoms with Gasteiger partial charge in [0.15, 0.2) is 0 Å². The topological polar surface area (TPSA) is 55.7 Å². The minimum atomic E-state index is -0.451. The maximum Gasteiger partial charge on any atom is 0.337 e. The first-order chi connectivity index (χ1) is 6.72. The maximum atomic E-state index is 11.2. The van der Waals surface area contributed by atoms with Crippen molar-refractivity contribution in [2.75, 3.05) is 7.11 Å². The lowest BCUT2D eigenvalue weighted by Gasteiger charge is -2.00. The summed E-state index contributed by atoms with van der Waals surface area (Å²) in [7, 11) is 1.30. The van der Waals surface area contributed by atoms with E-state index in [9.17, 15) is 9.59 Å². The Hall–Kier alpha value is -1.97. The Morgan fingerprint density at radius 2 is 2.21 bits per heavy atom. The third-order valence-corrected chi connectivity index (χ3v) is 2.03. The smallest absolute Gasteiger partial charge is 0.337 e. The van der Waals surface area contributed by atoms with Crippen molar-refractivity contribution in [1.82, 2.24) is 0 Å². The molecule has 14 heavy (non-hydrogen) atoms. The molecular formula is C10H7NO3. The molecule has 0 saturated carbocycles. The first kappa shape index (κ1) is 8.62. The van der Waals surface area contributed by atoms with Gasteiger partial charge < -0.3 is 4.74 Å². The Bertz CT molecular complexity index is 449. The lowest BCUT2D eigenvalue weighted by Crippen LogP contribution is -2.03. The van der Waals surface area contributed by atoms with Gasteiger partial charge >= 0.3 is 5.97 Å². The van der Waals surface area contributed by atoms with Crippen LogP contribution < -0.4 is 0 Å². The first-order valence-electron chi connectivity index (χ1n) is 4.03. The molecule has 0 N–H and O–H groups in total. The van der Waals surface area contributed by atoms with Gasteiger partial charge in [0.05, 0.1) is 18.2 Å². The number of hydrogen-bond acceptors (Lipinski definition) is 3. The summed E-state index contributed by atoms with van der Waals surface area (Å²) in [6, 6.07) is 4.78. The predicted octanol–water partition coefficient (Wildman–Crippen LogP) is 1.05. The third-order valence-electron chi connectivity index (χ3n) is 2.03. The van der Waals surface area contributed by atoms with Gasteiger partial charge in [0, 0.05) is 11.8 Å². The van der Waals surface area contributed by atoms with Crippen LogP contribution in [0.2, 0.25) is 0 Å². The van der Waals surface area contributed by atoms with E-state index in [0.29, 0.717) is 11.1 Å². The molecule has 0 radical (unpaired) electrons. The maximum absolute atomic E-state index is 11.2. The number of esters is 1. The molecule has 2 rings (SSSR count). The number of nitrogens with zero attached hydrogens (tertiary/aromatic N) is 1. The van der Waals surface area contributed by atoms with E-state index in [1.165, 1.54) is 19.4 Å². The van der Waals surface area contributed by atoms with E-state index < -0.39 is 5.97 Å². The highest BCUT2D eigenvalue weighted by molar-refractivity contribution is 6.13. The quantitative estimate of drug-likeness (QED) is 0.620. The van der Waals surface area contributed by atoms with Gasteiger partial charge in [-0.15, -0.1) is 0 Å². The van der Waals surface area contributed by atoms with E-state index >= 15 is 0 Å². The minimum absolute atomic E-state index is 0.314. The van der Waals surface area contributed by atoms with Crippen LogP contribution in [0.25, 0.3) is 0 Å². The van der Waals surface area contributed by atoms with Crippen molar-refractivity contribution in [2.24, 2.45) is 4.99 Å². The standard InChI is InChI=1S/C10H7NO3/c1-14-10(13)6-2-3-7-5-11-9(12)8(7)4-6/h2-5H,1H3. The molecule has 1 aliphatic heterocycles. The van der Waals surface area contributed by atoms with Crippen LogP contribution >= 0.6 is 0 Å². The van der Waals surface area contributed by atoms with Crippen molar-refractivity contribution < 1.29 is 14.3 Å². The highest BCUT2D eigenvalue weighted by atomic mass is 16.5. The molecule has 4 heteroatoms. The van der Waals surface area contributed by atoms with Crippen LogP contribution in [0.4, 0.5) is 0 Å². The lowest BCUT2D eigenvalue weighted by molar-refractivity contribution is 0.0600. The number of carbonyl (C=O) groups excluding carboxylic acids is 2. The zero-order valence-corrected chi connectivity index (χ0v) is 7.48. The number of aliphatic imine (C=N–C) groups is 1. The molecule has 0 fully saturated rings. The number of fused-ring (bicyclic) bond motifs is 1. The van der Waals surface area contributed by atoms with Gasteiger partial charge in [-0.3, -0.25) is 4.79 Å². The molecular weight excluding hydrogens is 182 g/mol. The highest BCUT2D eigenvalue weighted by Crippen LogP contribution is 2.16. The molecule has 70 valence electrons. The molecule has 1 aliphatic rings. The second-order valence-corrected chi connectivity index (χ2v) is 2.86. The van der Waals surface area contributed by atoms with Crippen molar-refractivity contribution in [1.29, 1.82) is 0 Å². The number of hydrogen-bond donors (Lipinski definition) is 0. The summed E-state index contributed by atoms with van der Waals surface area (Å²) in [5.41, 5.74) is 1.56. The summed E-state index contributed by atoms with van der Waals surface area (Å²) >= 11 is 0. The Kier molecular flexibility index (Phi) is 1.89. The molecule has 0 spiro atoms. The Labute approximate surface area is 80.2 Å². The molecule has 1 aromatic carbocycles. The third kappa shape index (κ3) is 1.21. The second-order valence-electron chi connectivity index (χ2n) is 2.86. The largest absolute Gasteiger partial charge is 0.465 e. The van der Waals surface area contributed by atoms with Crippen molar-refractivity contribution in [3.63, 3.8) is 0 Å². The minimum Gasteiger partial charge on any atom is -0.465 e. The fraction of sp³-hybridized carbons (Fsp3) is 0.100. The van der Waals surface area contributed by atoms with E-state index in [1.807, 2.05) is 0 Å². The normalized spacial score (nSPS) is 12.8. The average Bonchev–Trinajstić information content (AvgIpc) is 2.59. The van der Waals surface area contributed by atoms with Crippen LogP contribution in [0.3, 0.4) is 0 Å². The SMILES string of the molecule is COC(=O)c1ccc2c(c1)C(=O)N=C2. The number of methoxy groups -OCH3 is 1. The van der Waals surface area contributed by atoms with Crippen molar-refractivity contribution in [2.45, 2.75) is 0 Å². The fourth-order valence-corrected chi connectivity index (χ4v) is 1.30. The summed E-state index contributed by atoms with van der Waals surface area (Å²) < 4.78 is 4.54. The van der Waals surface area contributed by atoms with Crippen LogP contribution in [0, 0.1) is 0 Å². The number of carbonyl (C=O) groups is 2. The van der Waals surface area contributed by atoms with Gasteiger partial charge in [0.25, 0.3) is 5.91 Å². The van der Waals surface area contributed by atoms with E-state index in [1.54, 1.807) is 12.1 Å². The highest BCUT2D eigenvalue weighted by Gasteiger charge is 2.17. The van der Waals surface area contributed by atoms with E-state index in [0.717, 1.165) is 5.56 Å². The van der Waals surface area contributed by atoms with Crippen LogP contribution in [0.5, 0.6) is 0 Å². The van der Waals surface area contributed by atoms with Gasteiger partial charge in [-0.2, -0.15) is 0 Å². The molecule has 1 amide bonds. The molecule has 0 unspecified atom stereocenters. The Balaban J connectivity index is 2.47. The summed E-state index contributed by atoms with van der Waals surface area (Å²) in [5.74, 6) is -0.766. The predicted molar refractivity (Wildman–Crippen MR) is 49.7 cm³/mol. The Morgan fingerprint density at radius 3 is 2.93 bits per heavy atom. The zero-order chi connectivity index (χ0) is 10.1. The van der Waals surface area contributed by atoms with Crippen LogP contribution in [-0.4, -0.2) is 25.2 Å². The molecule has 4 nitrogen and oxygen atoms in total. The molecule has 1 heterocycles. The summed E-state index contributed by atoms with van der Waals surface area (Å²) in [4.78, 5) is 25.9. The number of benzene rings is 1. The fourth-order valence-electron chi connectivity index (χ4n) is 1.30. The van der Waals surface area contributed by atoms with Gasteiger partial charge in [-0.25, -0.2) is 9.79 Å². The average molecular weight is 189 g/mol. The summed E-state index contributed by atoms with van der Waals surface area (Å²) in [6.45, 7) is 0. The van der Waals surface area contributed by atoms with Gasteiger partial charge in [0.2, 0.25) is 0 Å². The summed E-state index contributed by atoms with van der Waals surface area (Å²) in [5, 5.41) is 0. The zero-order valence-electron chi connectivity index (χ0n) is 7.48. The van der Waals surface area contributed by atoms with Crippen molar-refractivity contribution in [3.8, 4) is 0 Å². The monoisotopic (exact) mass is 189 g/mol. The van der Waals surface area contributed by atoms with Gasteiger partial charge in [0.1, 0.15) is 0 Å². The van der Waals surface area contributed by atoms with Crippen LogP contribution in [0.1, 0.15) is 26.3 Å². The summed E-state index contributed by atoms with van der Waals surface area (Å²) in [6.07, 6.45) is 1.48. The molecule has 0 bridgehead atoms. The molecule has 0 aromatic heterocycles. The Morgan fingerprint density at radius 1 is 1.43 bits per heavy atom. The van der Waals surface area contributed by atoms with E-state index in [-0.39, 0.29) is 5.91 Å². The van der Waals surface area contributed by atoms with Gasteiger partial charge in [-0.05, 0) is 12.1 Å². The van der Waals surface area contributed by atoms with Crippen molar-refractivity contribution in [3.05, 3.63) is 34.9 Å². The number of ether oxygens (including phenoxy) is 1. The van der Waals surface area contributed by atoms with Crippen LogP contribution in [0.15, 0.2) is 23.2 Å². The first-order valence-corrected chi connectivity index (χ1v) is 4.03. The molecule has 0 atom stereocenters. The number of rotatable bonds is 1. The van der Waals surface area contributed by atoms with Crippen molar-refractivity contribution >= 4 is 18.1 Å². The second kappa shape index (κ2) is 3.06. The number of amides is 1. The molecule has 1 aromatic rings. The van der Waals surface area contributed by atoms with E-state index in [2.05, 4.69) is 9.73 Å². The van der Waals surface area contributed by atoms with E-state index in [4.69, 9.17) is 0 Å². The van der Waals surface area contributed by atoms with Crippen LogP contribution in [-0.2, 0) is 4.74 Å². The molecule has 0 saturated heterocycles. The lowest BCUT2D eigenvalue weighted by atomic mass is 10.1. The molecule has 0 aliphatic carbocycles. The van der Waals surface area contributed by atoms with Gasteiger partial charge in [-0.1, -0.05) is 6.07 Å².